The first-order valence-electron chi connectivity index (χ1n) is 12.6. The molecule has 12 heteroatoms. The summed E-state index contributed by atoms with van der Waals surface area (Å²) in [4.78, 5) is 49.0. The molecule has 0 spiro atoms. The Hall–Kier alpha value is -5.10. The second kappa shape index (κ2) is 14.3. The maximum atomic E-state index is 12.8. The zero-order valence-electron chi connectivity index (χ0n) is 22.9. The van der Waals surface area contributed by atoms with E-state index in [9.17, 15) is 24.3 Å². The predicted octanol–water partition coefficient (Wildman–Crippen LogP) is 3.64. The van der Waals surface area contributed by atoms with Gasteiger partial charge >= 0.3 is 12.0 Å². The second-order valence-corrected chi connectivity index (χ2v) is 9.10. The van der Waals surface area contributed by atoms with Crippen molar-refractivity contribution in [2.45, 2.75) is 31.8 Å². The summed E-state index contributed by atoms with van der Waals surface area (Å²) in [5, 5.41) is 20.1. The molecule has 3 aromatic carbocycles. The molecule has 4 amide bonds. The van der Waals surface area contributed by atoms with Gasteiger partial charge in [-0.3, -0.25) is 14.4 Å². The molecule has 7 N–H and O–H groups in total. The van der Waals surface area contributed by atoms with E-state index in [0.29, 0.717) is 34.1 Å². The molecule has 0 radical (unpaired) electrons. The number of benzene rings is 3. The molecule has 0 bridgehead atoms. The van der Waals surface area contributed by atoms with Crippen LogP contribution in [0.4, 0.5) is 21.9 Å². The summed E-state index contributed by atoms with van der Waals surface area (Å²) >= 11 is 0. The number of nitrogens with two attached hydrogens (primary N) is 1. The highest BCUT2D eigenvalue weighted by Gasteiger charge is 2.24. The minimum Gasteiger partial charge on any atom is -0.493 e. The van der Waals surface area contributed by atoms with E-state index >= 15 is 0 Å². The lowest BCUT2D eigenvalue weighted by Gasteiger charge is -2.21. The normalized spacial score (nSPS) is 11.9. The van der Waals surface area contributed by atoms with Crippen LogP contribution in [0.1, 0.15) is 30.0 Å². The van der Waals surface area contributed by atoms with Crippen molar-refractivity contribution in [3.8, 4) is 11.5 Å². The van der Waals surface area contributed by atoms with Gasteiger partial charge in [-0.05, 0) is 60.5 Å². The van der Waals surface area contributed by atoms with Crippen LogP contribution < -0.4 is 36.5 Å². The molecular weight excluding hydrogens is 530 g/mol. The van der Waals surface area contributed by atoms with Crippen molar-refractivity contribution in [3.05, 3.63) is 77.9 Å². The van der Waals surface area contributed by atoms with E-state index < -0.39 is 42.3 Å². The van der Waals surface area contributed by atoms with Gasteiger partial charge in [0.15, 0.2) is 11.5 Å². The van der Waals surface area contributed by atoms with E-state index in [1.807, 2.05) is 25.1 Å². The van der Waals surface area contributed by atoms with E-state index in [0.717, 1.165) is 5.56 Å². The van der Waals surface area contributed by atoms with E-state index in [1.165, 1.54) is 14.2 Å². The third-order valence-electron chi connectivity index (χ3n) is 6.07. The molecular formula is C29H33N5O7. The lowest BCUT2D eigenvalue weighted by Crippen LogP contribution is -2.44. The standard InChI is InChI=1S/C29H33N5O7/c1-17-6-4-5-7-22(17)34-29(39)32-20-11-9-19(10-12-20)31-26(35)15-21(30)28(38)33-23(16-27(36)37)18-8-13-24(40-2)25(14-18)41-3/h4-14,21,23H,15-16,30H2,1-3H3,(H,31,35)(H,33,38)(H,36,37)(H2,32,34,39)/t21?,23-/m0/s1. The average Bonchev–Trinajstić information content (AvgIpc) is 2.94. The van der Waals surface area contributed by atoms with Gasteiger partial charge < -0.3 is 41.6 Å². The molecule has 0 aliphatic rings. The molecule has 41 heavy (non-hydrogen) atoms. The zero-order chi connectivity index (χ0) is 29.9. The minimum atomic E-state index is -1.24. The van der Waals surface area contributed by atoms with E-state index in [1.54, 1.807) is 48.5 Å². The van der Waals surface area contributed by atoms with E-state index in [-0.39, 0.29) is 6.42 Å². The summed E-state index contributed by atoms with van der Waals surface area (Å²) in [5.41, 5.74) is 8.98. The Morgan fingerprint density at radius 3 is 2.07 bits per heavy atom. The fourth-order valence-corrected chi connectivity index (χ4v) is 3.91. The minimum absolute atomic E-state index is 0.351. The Bertz CT molecular complexity index is 1390. The molecule has 3 rings (SSSR count). The highest BCUT2D eigenvalue weighted by molar-refractivity contribution is 6.00. The molecule has 0 saturated carbocycles. The van der Waals surface area contributed by atoms with Crippen LogP contribution in [0, 0.1) is 6.92 Å². The number of hydrogen-bond acceptors (Lipinski definition) is 7. The summed E-state index contributed by atoms with van der Waals surface area (Å²) in [5.74, 6) is -1.54. The highest BCUT2D eigenvalue weighted by Crippen LogP contribution is 2.31. The number of aliphatic carboxylic acids is 1. The topological polar surface area (TPSA) is 181 Å². The predicted molar refractivity (Wildman–Crippen MR) is 154 cm³/mol. The maximum Gasteiger partial charge on any atom is 0.323 e. The van der Waals surface area contributed by atoms with Crippen LogP contribution in [0.3, 0.4) is 0 Å². The molecule has 3 aromatic rings. The van der Waals surface area contributed by atoms with Gasteiger partial charge in [0.2, 0.25) is 11.8 Å². The number of nitrogens with one attached hydrogen (secondary N) is 4. The van der Waals surface area contributed by atoms with Crippen molar-refractivity contribution >= 4 is 40.9 Å². The summed E-state index contributed by atoms with van der Waals surface area (Å²) in [6.07, 6.45) is -0.764. The fraction of sp³-hybridized carbons (Fsp3) is 0.241. The number of para-hydroxylation sites is 1. The number of anilines is 3. The van der Waals surface area contributed by atoms with Crippen LogP contribution in [0.5, 0.6) is 11.5 Å². The SMILES string of the molecule is COc1ccc([C@H](CC(=O)O)NC(=O)C(N)CC(=O)Nc2ccc(NC(=O)Nc3ccccc3C)cc2)cc1OC. The van der Waals surface area contributed by atoms with Crippen LogP contribution in [0.25, 0.3) is 0 Å². The first-order valence-corrected chi connectivity index (χ1v) is 12.6. The van der Waals surface area contributed by atoms with Gasteiger partial charge in [0, 0.05) is 17.1 Å². The summed E-state index contributed by atoms with van der Waals surface area (Å²) in [7, 11) is 2.91. The smallest absolute Gasteiger partial charge is 0.323 e. The van der Waals surface area contributed by atoms with Crippen LogP contribution in [0.15, 0.2) is 66.7 Å². The molecule has 1 unspecified atom stereocenters. The summed E-state index contributed by atoms with van der Waals surface area (Å²) in [6, 6.07) is 16.0. The van der Waals surface area contributed by atoms with Gasteiger partial charge in [-0.1, -0.05) is 24.3 Å². The first kappa shape index (κ1) is 30.4. The van der Waals surface area contributed by atoms with Crippen LogP contribution in [0.2, 0.25) is 0 Å². The van der Waals surface area contributed by atoms with Crippen molar-refractivity contribution in [1.29, 1.82) is 0 Å². The van der Waals surface area contributed by atoms with Crippen LogP contribution in [-0.4, -0.2) is 49.2 Å². The van der Waals surface area contributed by atoms with E-state index in [4.69, 9.17) is 15.2 Å². The zero-order valence-corrected chi connectivity index (χ0v) is 22.9. The number of aryl methyl sites for hydroxylation is 1. The van der Waals surface area contributed by atoms with E-state index in [2.05, 4.69) is 21.3 Å². The molecule has 0 aliphatic heterocycles. The summed E-state index contributed by atoms with van der Waals surface area (Å²) in [6.45, 7) is 1.88. The lowest BCUT2D eigenvalue weighted by atomic mass is 10.0. The highest BCUT2D eigenvalue weighted by atomic mass is 16.5. The number of carboxylic acids is 1. The average molecular weight is 564 g/mol. The first-order chi connectivity index (χ1) is 19.6. The van der Waals surface area contributed by atoms with Crippen molar-refractivity contribution in [2.75, 3.05) is 30.2 Å². The number of carbonyl (C=O) groups is 4. The van der Waals surface area contributed by atoms with Crippen molar-refractivity contribution < 1.29 is 33.8 Å². The molecule has 0 aromatic heterocycles. The Kier molecular flexibility index (Phi) is 10.6. The van der Waals surface area contributed by atoms with Crippen LogP contribution in [-0.2, 0) is 14.4 Å². The monoisotopic (exact) mass is 563 g/mol. The third kappa shape index (κ3) is 8.97. The number of rotatable bonds is 12. The molecule has 0 fully saturated rings. The molecule has 2 atom stereocenters. The molecule has 0 aliphatic carbocycles. The molecule has 216 valence electrons. The lowest BCUT2D eigenvalue weighted by molar-refractivity contribution is -0.138. The van der Waals surface area contributed by atoms with Crippen LogP contribution >= 0.6 is 0 Å². The summed E-state index contributed by atoms with van der Waals surface area (Å²) < 4.78 is 10.5. The number of carboxylic acid groups (broad SMARTS) is 1. The van der Waals surface area contributed by atoms with Gasteiger partial charge in [-0.2, -0.15) is 0 Å². The number of ether oxygens (including phenoxy) is 2. The Balaban J connectivity index is 1.55. The van der Waals surface area contributed by atoms with Gasteiger partial charge in [-0.25, -0.2) is 4.79 Å². The van der Waals surface area contributed by atoms with Crippen molar-refractivity contribution in [3.63, 3.8) is 0 Å². The largest absolute Gasteiger partial charge is 0.493 e. The van der Waals surface area contributed by atoms with Gasteiger partial charge in [0.1, 0.15) is 0 Å². The van der Waals surface area contributed by atoms with Crippen molar-refractivity contribution in [1.82, 2.24) is 5.32 Å². The number of methoxy groups -OCH3 is 2. The number of carbonyl (C=O) groups excluding carboxylic acids is 3. The van der Waals surface area contributed by atoms with Gasteiger partial charge in [0.05, 0.1) is 39.1 Å². The number of hydrogen-bond donors (Lipinski definition) is 6. The quantitative estimate of drug-likeness (QED) is 0.193. The van der Waals surface area contributed by atoms with Crippen molar-refractivity contribution in [2.24, 2.45) is 5.73 Å². The van der Waals surface area contributed by atoms with Gasteiger partial charge in [-0.15, -0.1) is 0 Å². The Morgan fingerprint density at radius 1 is 0.829 bits per heavy atom. The second-order valence-electron chi connectivity index (χ2n) is 9.10. The molecule has 0 heterocycles. The molecule has 0 saturated heterocycles. The van der Waals surface area contributed by atoms with Gasteiger partial charge in [0.25, 0.3) is 0 Å². The number of amides is 4. The molecule has 12 nitrogen and oxygen atoms in total. The third-order valence-corrected chi connectivity index (χ3v) is 6.07. The maximum absolute atomic E-state index is 12.8. The number of urea groups is 1. The Morgan fingerprint density at radius 2 is 1.46 bits per heavy atom. The fourth-order valence-electron chi connectivity index (χ4n) is 3.91. The Labute approximate surface area is 237 Å².